The number of nitrogens with one attached hydrogen (secondary N) is 1. The molecule has 0 radical (unpaired) electrons. The Kier molecular flexibility index (Phi) is 4.45. The van der Waals surface area contributed by atoms with E-state index in [0.717, 1.165) is 24.9 Å². The van der Waals surface area contributed by atoms with Gasteiger partial charge in [0.25, 0.3) is 0 Å². The van der Waals surface area contributed by atoms with Gasteiger partial charge in [-0.15, -0.1) is 0 Å². The molecule has 23 heavy (non-hydrogen) atoms. The van der Waals surface area contributed by atoms with Crippen molar-refractivity contribution in [3.05, 3.63) is 36.4 Å². The molecule has 1 aliphatic rings. The third-order valence-electron chi connectivity index (χ3n) is 4.10. The first kappa shape index (κ1) is 15.3. The van der Waals surface area contributed by atoms with Gasteiger partial charge in [-0.3, -0.25) is 4.68 Å². The lowest BCUT2D eigenvalue weighted by Gasteiger charge is -2.25. The molecule has 1 fully saturated rings. The van der Waals surface area contributed by atoms with Crippen molar-refractivity contribution < 1.29 is 9.53 Å². The average Bonchev–Trinajstić information content (AvgIpc) is 3.21. The van der Waals surface area contributed by atoms with Crippen LogP contribution in [0, 0.1) is 6.92 Å². The van der Waals surface area contributed by atoms with Crippen molar-refractivity contribution in [1.82, 2.24) is 19.7 Å². The zero-order valence-electron chi connectivity index (χ0n) is 13.4. The number of methoxy groups -OCH3 is 1. The van der Waals surface area contributed by atoms with E-state index in [1.54, 1.807) is 18.1 Å². The van der Waals surface area contributed by atoms with E-state index >= 15 is 0 Å². The summed E-state index contributed by atoms with van der Waals surface area (Å²) in [5.41, 5.74) is 1.78. The summed E-state index contributed by atoms with van der Waals surface area (Å²) in [6.45, 7) is 3.40. The molecule has 1 saturated heterocycles. The Morgan fingerprint density at radius 3 is 3.09 bits per heavy atom. The predicted octanol–water partition coefficient (Wildman–Crippen LogP) is 2.29. The van der Waals surface area contributed by atoms with Crippen LogP contribution in [-0.4, -0.2) is 45.4 Å². The van der Waals surface area contributed by atoms with Crippen LogP contribution < -0.4 is 10.1 Å². The van der Waals surface area contributed by atoms with E-state index in [1.165, 1.54) is 6.33 Å². The Hall–Kier alpha value is -2.57. The summed E-state index contributed by atoms with van der Waals surface area (Å²) in [4.78, 5) is 18.4. The number of carbonyl (C=O) groups is 1. The summed E-state index contributed by atoms with van der Waals surface area (Å²) in [6.07, 6.45) is 5.16. The van der Waals surface area contributed by atoms with E-state index in [0.29, 0.717) is 18.0 Å². The van der Waals surface area contributed by atoms with Gasteiger partial charge in [-0.25, -0.2) is 9.78 Å². The monoisotopic (exact) mass is 315 g/mol. The summed E-state index contributed by atoms with van der Waals surface area (Å²) in [7, 11) is 1.60. The first-order chi connectivity index (χ1) is 11.2. The maximum absolute atomic E-state index is 12.6. The Balaban J connectivity index is 1.69. The molecule has 2 amide bonds. The third kappa shape index (κ3) is 3.44. The minimum atomic E-state index is -0.102. The number of rotatable bonds is 4. The first-order valence-corrected chi connectivity index (χ1v) is 7.72. The van der Waals surface area contributed by atoms with Crippen LogP contribution in [0.2, 0.25) is 0 Å². The maximum atomic E-state index is 12.6. The number of hydrogen-bond donors (Lipinski definition) is 1. The number of urea groups is 1. The minimum Gasteiger partial charge on any atom is -0.495 e. The SMILES string of the molecule is COc1cc(C)ccc1NC(=O)N1CCC[C@@H]1Cn1cncn1. The Labute approximate surface area is 135 Å². The molecule has 0 saturated carbocycles. The van der Waals surface area contributed by atoms with Crippen LogP contribution in [0.25, 0.3) is 0 Å². The fourth-order valence-electron chi connectivity index (χ4n) is 2.92. The van der Waals surface area contributed by atoms with Crippen molar-refractivity contribution in [2.24, 2.45) is 0 Å². The molecule has 1 aromatic carbocycles. The number of likely N-dealkylation sites (tertiary alicyclic amines) is 1. The van der Waals surface area contributed by atoms with E-state index in [1.807, 2.05) is 30.0 Å². The molecule has 7 heteroatoms. The van der Waals surface area contributed by atoms with Crippen molar-refractivity contribution in [3.8, 4) is 5.75 Å². The van der Waals surface area contributed by atoms with Gasteiger partial charge in [0.2, 0.25) is 0 Å². The molecule has 1 aromatic heterocycles. The molecule has 2 heterocycles. The topological polar surface area (TPSA) is 72.3 Å². The summed E-state index contributed by atoms with van der Waals surface area (Å²) in [5.74, 6) is 0.672. The van der Waals surface area contributed by atoms with Crippen LogP contribution in [-0.2, 0) is 6.54 Å². The molecule has 1 atom stereocenters. The van der Waals surface area contributed by atoms with Gasteiger partial charge in [0.05, 0.1) is 25.4 Å². The second-order valence-electron chi connectivity index (χ2n) is 5.74. The zero-order valence-corrected chi connectivity index (χ0v) is 13.4. The van der Waals surface area contributed by atoms with E-state index in [4.69, 9.17) is 4.74 Å². The Morgan fingerprint density at radius 1 is 1.48 bits per heavy atom. The maximum Gasteiger partial charge on any atom is 0.322 e. The number of aryl methyl sites for hydroxylation is 1. The lowest BCUT2D eigenvalue weighted by atomic mass is 10.2. The Bertz CT molecular complexity index is 671. The van der Waals surface area contributed by atoms with Crippen LogP contribution >= 0.6 is 0 Å². The number of amides is 2. The van der Waals surface area contributed by atoms with Gasteiger partial charge in [0.1, 0.15) is 18.4 Å². The van der Waals surface area contributed by atoms with E-state index in [2.05, 4.69) is 15.4 Å². The lowest BCUT2D eigenvalue weighted by Crippen LogP contribution is -2.40. The van der Waals surface area contributed by atoms with Gasteiger partial charge in [-0.05, 0) is 37.5 Å². The van der Waals surface area contributed by atoms with Crippen LogP contribution in [0.4, 0.5) is 10.5 Å². The fraction of sp³-hybridized carbons (Fsp3) is 0.438. The summed E-state index contributed by atoms with van der Waals surface area (Å²) in [5, 5.41) is 7.08. The highest BCUT2D eigenvalue weighted by Gasteiger charge is 2.29. The summed E-state index contributed by atoms with van der Waals surface area (Å²) >= 11 is 0. The third-order valence-corrected chi connectivity index (χ3v) is 4.10. The van der Waals surface area contributed by atoms with E-state index in [9.17, 15) is 4.79 Å². The predicted molar refractivity (Wildman–Crippen MR) is 86.5 cm³/mol. The average molecular weight is 315 g/mol. The van der Waals surface area contributed by atoms with Gasteiger partial charge < -0.3 is 15.0 Å². The molecule has 7 nitrogen and oxygen atoms in total. The summed E-state index contributed by atoms with van der Waals surface area (Å²) < 4.78 is 7.11. The molecule has 1 aliphatic heterocycles. The van der Waals surface area contributed by atoms with Crippen LogP contribution in [0.3, 0.4) is 0 Å². The van der Waals surface area contributed by atoms with Crippen molar-refractivity contribution in [2.45, 2.75) is 32.4 Å². The van der Waals surface area contributed by atoms with Crippen LogP contribution in [0.15, 0.2) is 30.9 Å². The van der Waals surface area contributed by atoms with Crippen molar-refractivity contribution in [2.75, 3.05) is 19.0 Å². The van der Waals surface area contributed by atoms with Crippen LogP contribution in [0.5, 0.6) is 5.75 Å². The van der Waals surface area contributed by atoms with Gasteiger partial charge in [-0.1, -0.05) is 6.07 Å². The van der Waals surface area contributed by atoms with Crippen molar-refractivity contribution >= 4 is 11.7 Å². The standard InChI is InChI=1S/C16H21N5O2/c1-12-5-6-14(15(8-12)23-2)19-16(22)21-7-3-4-13(21)9-20-11-17-10-18-20/h5-6,8,10-11,13H,3-4,7,9H2,1-2H3,(H,19,22)/t13-/m1/s1. The van der Waals surface area contributed by atoms with Gasteiger partial charge >= 0.3 is 6.03 Å². The molecule has 2 aromatic rings. The molecule has 122 valence electrons. The number of hydrogen-bond acceptors (Lipinski definition) is 4. The van der Waals surface area contributed by atoms with Crippen LogP contribution in [0.1, 0.15) is 18.4 Å². The molecule has 0 unspecified atom stereocenters. The second-order valence-corrected chi connectivity index (χ2v) is 5.74. The second kappa shape index (κ2) is 6.68. The quantitative estimate of drug-likeness (QED) is 0.939. The molecule has 1 N–H and O–H groups in total. The van der Waals surface area contributed by atoms with Crippen molar-refractivity contribution in [1.29, 1.82) is 0 Å². The number of anilines is 1. The lowest BCUT2D eigenvalue weighted by molar-refractivity contribution is 0.199. The molecule has 0 spiro atoms. The van der Waals surface area contributed by atoms with E-state index < -0.39 is 0 Å². The minimum absolute atomic E-state index is 0.102. The smallest absolute Gasteiger partial charge is 0.322 e. The Morgan fingerprint density at radius 2 is 2.35 bits per heavy atom. The molecular weight excluding hydrogens is 294 g/mol. The number of ether oxygens (including phenoxy) is 1. The van der Waals surface area contributed by atoms with Gasteiger partial charge in [-0.2, -0.15) is 5.10 Å². The highest BCUT2D eigenvalue weighted by atomic mass is 16.5. The highest BCUT2D eigenvalue weighted by Crippen LogP contribution is 2.27. The van der Waals surface area contributed by atoms with Crippen molar-refractivity contribution in [3.63, 3.8) is 0 Å². The highest BCUT2D eigenvalue weighted by molar-refractivity contribution is 5.91. The summed E-state index contributed by atoms with van der Waals surface area (Å²) in [6, 6.07) is 5.76. The molecule has 0 bridgehead atoms. The normalized spacial score (nSPS) is 17.3. The number of aromatic nitrogens is 3. The fourth-order valence-corrected chi connectivity index (χ4v) is 2.92. The van der Waals surface area contributed by atoms with E-state index in [-0.39, 0.29) is 12.1 Å². The molecule has 3 rings (SSSR count). The number of nitrogens with zero attached hydrogens (tertiary/aromatic N) is 4. The largest absolute Gasteiger partial charge is 0.495 e. The van der Waals surface area contributed by atoms with Gasteiger partial charge in [0, 0.05) is 6.54 Å². The molecule has 0 aliphatic carbocycles. The first-order valence-electron chi connectivity index (χ1n) is 7.72. The number of benzene rings is 1. The zero-order chi connectivity index (χ0) is 16.2. The number of carbonyl (C=O) groups excluding carboxylic acids is 1. The van der Waals surface area contributed by atoms with Gasteiger partial charge in [0.15, 0.2) is 0 Å². The molecular formula is C16H21N5O2.